The van der Waals surface area contributed by atoms with E-state index in [1.54, 1.807) is 18.2 Å². The third-order valence-corrected chi connectivity index (χ3v) is 3.82. The van der Waals surface area contributed by atoms with Crippen molar-refractivity contribution in [2.24, 2.45) is 0 Å². The molecule has 2 rings (SSSR count). The lowest BCUT2D eigenvalue weighted by atomic mass is 10.0. The first-order valence-corrected chi connectivity index (χ1v) is 8.55. The molecule has 0 unspecified atom stereocenters. The van der Waals surface area contributed by atoms with Crippen LogP contribution in [0.1, 0.15) is 25.0 Å². The fourth-order valence-corrected chi connectivity index (χ4v) is 2.57. The van der Waals surface area contributed by atoms with Gasteiger partial charge in [-0.05, 0) is 36.1 Å². The lowest BCUT2D eigenvalue weighted by molar-refractivity contribution is -0.118. The van der Waals surface area contributed by atoms with Crippen LogP contribution < -0.4 is 14.8 Å². The molecule has 0 heterocycles. The first-order valence-electron chi connectivity index (χ1n) is 8.55. The molecule has 2 aromatic rings. The number of carbonyl (C=O) groups is 1. The van der Waals surface area contributed by atoms with Crippen molar-refractivity contribution in [2.75, 3.05) is 25.1 Å². The number of anilines is 1. The summed E-state index contributed by atoms with van der Waals surface area (Å²) >= 11 is 0. The minimum atomic E-state index is -0.215. The first-order chi connectivity index (χ1) is 12.2. The van der Waals surface area contributed by atoms with Crippen LogP contribution in [0.15, 0.2) is 42.5 Å². The van der Waals surface area contributed by atoms with Crippen molar-refractivity contribution in [3.63, 3.8) is 0 Å². The van der Waals surface area contributed by atoms with E-state index in [0.717, 1.165) is 29.7 Å². The molecule has 0 fully saturated rings. The molecule has 0 spiro atoms. The molecular weight excluding hydrogens is 318 g/mol. The third kappa shape index (κ3) is 5.22. The molecule has 0 atom stereocenters. The minimum absolute atomic E-state index is 0.0809. The van der Waals surface area contributed by atoms with Gasteiger partial charge in [-0.2, -0.15) is 0 Å². The summed E-state index contributed by atoms with van der Waals surface area (Å²) in [5.41, 5.74) is 3.10. The molecule has 5 heteroatoms. The van der Waals surface area contributed by atoms with Crippen LogP contribution in [0.4, 0.5) is 5.69 Å². The second-order valence-electron chi connectivity index (χ2n) is 5.51. The number of amides is 1. The number of hydrogen-bond acceptors (Lipinski definition) is 4. The van der Waals surface area contributed by atoms with Crippen molar-refractivity contribution in [1.82, 2.24) is 0 Å². The maximum atomic E-state index is 12.3. The number of aliphatic hydroxyl groups excluding tert-OH is 1. The number of nitrogens with one attached hydrogen (secondary N) is 1. The summed E-state index contributed by atoms with van der Waals surface area (Å²) in [5, 5.41) is 11.8. The largest absolute Gasteiger partial charge is 0.487 e. The highest BCUT2D eigenvalue weighted by Gasteiger charge is 2.12. The molecule has 0 bridgehead atoms. The van der Waals surface area contributed by atoms with Gasteiger partial charge < -0.3 is 19.9 Å². The predicted octanol–water partition coefficient (Wildman–Crippen LogP) is 3.20. The Balaban J connectivity index is 2.03. The Bertz CT molecular complexity index is 678. The first kappa shape index (κ1) is 18.8. The molecule has 0 saturated carbocycles. The van der Waals surface area contributed by atoms with E-state index < -0.39 is 0 Å². The Hall–Kier alpha value is -2.53. The monoisotopic (exact) mass is 343 g/mol. The summed E-state index contributed by atoms with van der Waals surface area (Å²) < 4.78 is 11.0. The quantitative estimate of drug-likeness (QED) is 0.734. The number of aryl methyl sites for hydroxylation is 2. The van der Waals surface area contributed by atoms with E-state index in [1.807, 2.05) is 24.3 Å². The van der Waals surface area contributed by atoms with Crippen LogP contribution >= 0.6 is 0 Å². The number of para-hydroxylation sites is 3. The van der Waals surface area contributed by atoms with Gasteiger partial charge in [0.2, 0.25) is 0 Å². The fourth-order valence-electron chi connectivity index (χ4n) is 2.57. The number of aliphatic hydroxyl groups is 1. The standard InChI is InChI=1S/C20H25NO4/c1-3-15-8-7-9-16(4-2)20(15)21-19(23)14-25-18-11-6-5-10-17(18)24-13-12-22/h5-11,22H,3-4,12-14H2,1-2H3,(H,21,23). The molecule has 25 heavy (non-hydrogen) atoms. The Morgan fingerprint density at radius 3 is 2.12 bits per heavy atom. The van der Waals surface area contributed by atoms with Crippen molar-refractivity contribution in [3.8, 4) is 11.5 Å². The molecule has 0 aliphatic heterocycles. The molecule has 0 aliphatic carbocycles. The molecule has 0 saturated heterocycles. The highest BCUT2D eigenvalue weighted by atomic mass is 16.5. The van der Waals surface area contributed by atoms with Crippen molar-refractivity contribution in [1.29, 1.82) is 0 Å². The van der Waals surface area contributed by atoms with E-state index in [0.29, 0.717) is 11.5 Å². The minimum Gasteiger partial charge on any atom is -0.487 e. The van der Waals surface area contributed by atoms with Crippen LogP contribution in [0.5, 0.6) is 11.5 Å². The summed E-state index contributed by atoms with van der Waals surface area (Å²) in [7, 11) is 0. The molecule has 0 aromatic heterocycles. The topological polar surface area (TPSA) is 67.8 Å². The molecule has 5 nitrogen and oxygen atoms in total. The molecule has 2 N–H and O–H groups in total. The molecule has 1 amide bonds. The van der Waals surface area contributed by atoms with Gasteiger partial charge in [-0.25, -0.2) is 0 Å². The summed E-state index contributed by atoms with van der Waals surface area (Å²) in [6.45, 7) is 4.12. The van der Waals surface area contributed by atoms with Gasteiger partial charge in [-0.1, -0.05) is 44.2 Å². The van der Waals surface area contributed by atoms with Gasteiger partial charge in [-0.3, -0.25) is 4.79 Å². The normalized spacial score (nSPS) is 10.4. The Labute approximate surface area is 148 Å². The predicted molar refractivity (Wildman–Crippen MR) is 98.3 cm³/mol. The van der Waals surface area contributed by atoms with Crippen LogP contribution in [0.3, 0.4) is 0 Å². The van der Waals surface area contributed by atoms with Gasteiger partial charge in [0, 0.05) is 5.69 Å². The van der Waals surface area contributed by atoms with Crippen molar-refractivity contribution >= 4 is 11.6 Å². The van der Waals surface area contributed by atoms with Crippen LogP contribution in [0, 0.1) is 0 Å². The zero-order valence-electron chi connectivity index (χ0n) is 14.7. The summed E-state index contributed by atoms with van der Waals surface area (Å²) in [4.78, 5) is 12.3. The van der Waals surface area contributed by atoms with Gasteiger partial charge in [0.15, 0.2) is 18.1 Å². The van der Waals surface area contributed by atoms with E-state index >= 15 is 0 Å². The molecule has 134 valence electrons. The average molecular weight is 343 g/mol. The Morgan fingerprint density at radius 1 is 0.960 bits per heavy atom. The lowest BCUT2D eigenvalue weighted by Gasteiger charge is -2.15. The number of hydrogen-bond donors (Lipinski definition) is 2. The maximum absolute atomic E-state index is 12.3. The average Bonchev–Trinajstić information content (AvgIpc) is 2.65. The molecule has 2 aromatic carbocycles. The second-order valence-corrected chi connectivity index (χ2v) is 5.51. The summed E-state index contributed by atoms with van der Waals surface area (Å²) in [6.07, 6.45) is 1.70. The van der Waals surface area contributed by atoms with Crippen LogP contribution in [-0.4, -0.2) is 30.8 Å². The lowest BCUT2D eigenvalue weighted by Crippen LogP contribution is -2.22. The van der Waals surface area contributed by atoms with E-state index in [2.05, 4.69) is 19.2 Å². The van der Waals surface area contributed by atoms with Crippen molar-refractivity contribution < 1.29 is 19.4 Å². The van der Waals surface area contributed by atoms with E-state index in [1.165, 1.54) is 0 Å². The second kappa shape index (κ2) is 9.69. The van der Waals surface area contributed by atoms with Gasteiger partial charge in [-0.15, -0.1) is 0 Å². The van der Waals surface area contributed by atoms with E-state index in [9.17, 15) is 4.79 Å². The highest BCUT2D eigenvalue weighted by Crippen LogP contribution is 2.27. The third-order valence-electron chi connectivity index (χ3n) is 3.82. The Kier molecular flexibility index (Phi) is 7.29. The Morgan fingerprint density at radius 2 is 1.56 bits per heavy atom. The van der Waals surface area contributed by atoms with Crippen LogP contribution in [-0.2, 0) is 17.6 Å². The fraction of sp³-hybridized carbons (Fsp3) is 0.350. The van der Waals surface area contributed by atoms with Crippen LogP contribution in [0.2, 0.25) is 0 Å². The molecule has 0 aliphatic rings. The summed E-state index contributed by atoms with van der Waals surface area (Å²) in [6, 6.07) is 13.1. The van der Waals surface area contributed by atoms with Crippen LogP contribution in [0.25, 0.3) is 0 Å². The van der Waals surface area contributed by atoms with Gasteiger partial charge in [0.1, 0.15) is 6.61 Å². The van der Waals surface area contributed by atoms with Gasteiger partial charge in [0.25, 0.3) is 5.91 Å². The molecule has 0 radical (unpaired) electrons. The van der Waals surface area contributed by atoms with E-state index in [4.69, 9.17) is 14.6 Å². The number of rotatable bonds is 9. The zero-order valence-corrected chi connectivity index (χ0v) is 14.7. The number of ether oxygens (including phenoxy) is 2. The van der Waals surface area contributed by atoms with Crippen molar-refractivity contribution in [2.45, 2.75) is 26.7 Å². The van der Waals surface area contributed by atoms with Gasteiger partial charge >= 0.3 is 0 Å². The van der Waals surface area contributed by atoms with Gasteiger partial charge in [0.05, 0.1) is 6.61 Å². The number of carbonyl (C=O) groups excluding carboxylic acids is 1. The number of benzene rings is 2. The molecular formula is C20H25NO4. The summed E-state index contributed by atoms with van der Waals surface area (Å²) in [5.74, 6) is 0.769. The zero-order chi connectivity index (χ0) is 18.1. The van der Waals surface area contributed by atoms with E-state index in [-0.39, 0.29) is 25.7 Å². The smallest absolute Gasteiger partial charge is 0.262 e. The maximum Gasteiger partial charge on any atom is 0.262 e. The van der Waals surface area contributed by atoms with Crippen molar-refractivity contribution in [3.05, 3.63) is 53.6 Å². The highest BCUT2D eigenvalue weighted by molar-refractivity contribution is 5.93. The SMILES string of the molecule is CCc1cccc(CC)c1NC(=O)COc1ccccc1OCCO.